The van der Waals surface area contributed by atoms with Crippen LogP contribution in [0.25, 0.3) is 0 Å². The van der Waals surface area contributed by atoms with E-state index >= 15 is 0 Å². The molecule has 8 nitrogen and oxygen atoms in total. The molecular formula is C27H24FN5O3. The third-order valence-electron chi connectivity index (χ3n) is 5.92. The molecule has 1 aromatic heterocycles. The Morgan fingerprint density at radius 3 is 2.56 bits per heavy atom. The van der Waals surface area contributed by atoms with Gasteiger partial charge in [-0.2, -0.15) is 10.1 Å². The molecule has 1 aliphatic heterocycles. The zero-order chi connectivity index (χ0) is 25.1. The van der Waals surface area contributed by atoms with Crippen molar-refractivity contribution in [3.63, 3.8) is 0 Å². The second-order valence-electron chi connectivity index (χ2n) is 8.20. The van der Waals surface area contributed by atoms with Crippen LogP contribution in [0.1, 0.15) is 24.1 Å². The number of benzene rings is 3. The summed E-state index contributed by atoms with van der Waals surface area (Å²) in [6.07, 6.45) is 1.44. The number of carbonyl (C=O) groups is 1. The number of amides is 1. The third kappa shape index (κ3) is 4.50. The number of fused-ring (bicyclic) bond motifs is 1. The van der Waals surface area contributed by atoms with Gasteiger partial charge in [-0.15, -0.1) is 0 Å². The van der Waals surface area contributed by atoms with Crippen LogP contribution in [0.4, 0.5) is 16.0 Å². The van der Waals surface area contributed by atoms with Crippen molar-refractivity contribution in [2.24, 2.45) is 0 Å². The number of nitrogens with one attached hydrogen (secondary N) is 2. The van der Waals surface area contributed by atoms with Gasteiger partial charge in [0, 0.05) is 11.3 Å². The van der Waals surface area contributed by atoms with Gasteiger partial charge in [-0.1, -0.05) is 42.5 Å². The molecule has 2 heterocycles. The summed E-state index contributed by atoms with van der Waals surface area (Å²) in [6.45, 7) is 2.06. The Kier molecular flexibility index (Phi) is 6.36. The molecule has 36 heavy (non-hydrogen) atoms. The fourth-order valence-electron chi connectivity index (χ4n) is 4.19. The molecule has 1 atom stereocenters. The molecule has 0 bridgehead atoms. The summed E-state index contributed by atoms with van der Waals surface area (Å²) in [5.41, 5.74) is 3.20. The minimum Gasteiger partial charge on any atom is -0.495 e. The van der Waals surface area contributed by atoms with Gasteiger partial charge in [-0.3, -0.25) is 4.79 Å². The van der Waals surface area contributed by atoms with E-state index in [1.807, 2.05) is 43.3 Å². The number of para-hydroxylation sites is 3. The van der Waals surface area contributed by atoms with Gasteiger partial charge in [-0.05, 0) is 42.8 Å². The Morgan fingerprint density at radius 1 is 1.06 bits per heavy atom. The van der Waals surface area contributed by atoms with Crippen LogP contribution >= 0.6 is 0 Å². The molecule has 9 heteroatoms. The fraction of sp³-hybridized carbons (Fsp3) is 0.148. The molecule has 1 aliphatic rings. The fourth-order valence-corrected chi connectivity index (χ4v) is 4.19. The maximum atomic E-state index is 13.7. The monoisotopic (exact) mass is 485 g/mol. The minimum absolute atomic E-state index is 0.234. The number of aromatic nitrogens is 3. The molecular weight excluding hydrogens is 461 g/mol. The van der Waals surface area contributed by atoms with Crippen molar-refractivity contribution in [1.29, 1.82) is 0 Å². The Labute approximate surface area is 207 Å². The SMILES string of the molecule is COc1ccccc1NC(=O)C1=C(C)Nc2ncnn2[C@H]1c1ccccc1OCc1ccc(F)cc1. The predicted molar refractivity (Wildman–Crippen MR) is 133 cm³/mol. The van der Waals surface area contributed by atoms with Gasteiger partial charge in [-0.25, -0.2) is 9.07 Å². The molecule has 4 aromatic rings. The summed E-state index contributed by atoms with van der Waals surface area (Å²) in [5.74, 6) is 1.02. The van der Waals surface area contributed by atoms with Gasteiger partial charge in [0.1, 0.15) is 36.3 Å². The summed E-state index contributed by atoms with van der Waals surface area (Å²) in [6, 6.07) is 20.2. The second kappa shape index (κ2) is 9.91. The highest BCUT2D eigenvalue weighted by Gasteiger charge is 2.35. The van der Waals surface area contributed by atoms with Crippen LogP contribution in [0.15, 0.2) is 90.4 Å². The summed E-state index contributed by atoms with van der Waals surface area (Å²) >= 11 is 0. The average molecular weight is 486 g/mol. The second-order valence-corrected chi connectivity index (χ2v) is 8.20. The maximum Gasteiger partial charge on any atom is 0.255 e. The Bertz CT molecular complexity index is 1430. The van der Waals surface area contributed by atoms with Crippen LogP contribution in [0.2, 0.25) is 0 Å². The minimum atomic E-state index is -0.608. The van der Waals surface area contributed by atoms with Crippen molar-refractivity contribution >= 4 is 17.5 Å². The van der Waals surface area contributed by atoms with Crippen molar-refractivity contribution in [2.45, 2.75) is 19.6 Å². The van der Waals surface area contributed by atoms with E-state index in [9.17, 15) is 9.18 Å². The number of hydrogen-bond acceptors (Lipinski definition) is 6. The number of halogens is 1. The van der Waals surface area contributed by atoms with Crippen molar-refractivity contribution in [1.82, 2.24) is 14.8 Å². The van der Waals surface area contributed by atoms with Gasteiger partial charge >= 0.3 is 0 Å². The van der Waals surface area contributed by atoms with E-state index in [1.165, 1.54) is 18.5 Å². The lowest BCUT2D eigenvalue weighted by Gasteiger charge is -2.30. The van der Waals surface area contributed by atoms with Crippen LogP contribution in [0.5, 0.6) is 11.5 Å². The molecule has 0 spiro atoms. The Hall–Kier alpha value is -4.66. The van der Waals surface area contributed by atoms with E-state index in [-0.39, 0.29) is 18.3 Å². The third-order valence-corrected chi connectivity index (χ3v) is 5.92. The normalized spacial score (nSPS) is 14.6. The lowest BCUT2D eigenvalue weighted by Crippen LogP contribution is -2.31. The molecule has 0 aliphatic carbocycles. The first-order valence-electron chi connectivity index (χ1n) is 11.3. The summed E-state index contributed by atoms with van der Waals surface area (Å²) < 4.78 is 26.5. The molecule has 182 valence electrons. The zero-order valence-corrected chi connectivity index (χ0v) is 19.7. The Balaban J connectivity index is 1.52. The van der Waals surface area contributed by atoms with E-state index in [4.69, 9.17) is 9.47 Å². The number of hydrogen-bond donors (Lipinski definition) is 2. The number of nitrogens with zero attached hydrogens (tertiary/aromatic N) is 3. The summed E-state index contributed by atoms with van der Waals surface area (Å²) in [5, 5.41) is 10.5. The van der Waals surface area contributed by atoms with Crippen LogP contribution < -0.4 is 20.1 Å². The van der Waals surface area contributed by atoms with Crippen molar-refractivity contribution in [2.75, 3.05) is 17.7 Å². The lowest BCUT2D eigenvalue weighted by molar-refractivity contribution is -0.113. The van der Waals surface area contributed by atoms with Gasteiger partial charge in [0.25, 0.3) is 5.91 Å². The van der Waals surface area contributed by atoms with Crippen LogP contribution in [0, 0.1) is 5.82 Å². The molecule has 5 rings (SSSR count). The molecule has 0 unspecified atom stereocenters. The quantitative estimate of drug-likeness (QED) is 0.386. The van der Waals surface area contributed by atoms with E-state index in [2.05, 4.69) is 20.7 Å². The number of ether oxygens (including phenoxy) is 2. The highest BCUT2D eigenvalue weighted by atomic mass is 19.1. The average Bonchev–Trinajstić information content (AvgIpc) is 3.36. The molecule has 0 saturated carbocycles. The van der Waals surface area contributed by atoms with E-state index in [0.717, 1.165) is 11.1 Å². The number of methoxy groups -OCH3 is 1. The number of rotatable bonds is 7. The highest BCUT2D eigenvalue weighted by Crippen LogP contribution is 2.39. The van der Waals surface area contributed by atoms with Crippen LogP contribution in [-0.2, 0) is 11.4 Å². The smallest absolute Gasteiger partial charge is 0.255 e. The molecule has 3 aromatic carbocycles. The van der Waals surface area contributed by atoms with Crippen molar-refractivity contribution in [3.05, 3.63) is 107 Å². The standard InChI is InChI=1S/C27H24FN5O3/c1-17-24(26(34)32-21-8-4-6-10-23(21)35-2)25(33-27(31-17)29-16-30-33)20-7-3-5-9-22(20)36-15-18-11-13-19(28)14-12-18/h3-14,16,25H,15H2,1-2H3,(H,32,34)(H,29,30,31)/t25-/m0/s1. The predicted octanol–water partition coefficient (Wildman–Crippen LogP) is 4.93. The maximum absolute atomic E-state index is 13.7. The van der Waals surface area contributed by atoms with Gasteiger partial charge < -0.3 is 20.1 Å². The molecule has 1 amide bonds. The first-order valence-corrected chi connectivity index (χ1v) is 11.3. The molecule has 2 N–H and O–H groups in total. The first kappa shape index (κ1) is 23.1. The molecule has 0 fully saturated rings. The van der Waals surface area contributed by atoms with Crippen molar-refractivity contribution in [3.8, 4) is 11.5 Å². The van der Waals surface area contributed by atoms with Gasteiger partial charge in [0.15, 0.2) is 0 Å². The topological polar surface area (TPSA) is 90.3 Å². The molecule has 0 saturated heterocycles. The summed E-state index contributed by atoms with van der Waals surface area (Å²) in [7, 11) is 1.55. The van der Waals surface area contributed by atoms with E-state index in [1.54, 1.807) is 36.1 Å². The van der Waals surface area contributed by atoms with Gasteiger partial charge in [0.05, 0.1) is 18.4 Å². The van der Waals surface area contributed by atoms with E-state index < -0.39 is 6.04 Å². The summed E-state index contributed by atoms with van der Waals surface area (Å²) in [4.78, 5) is 18.0. The largest absolute Gasteiger partial charge is 0.495 e. The number of allylic oxidation sites excluding steroid dienone is 1. The van der Waals surface area contributed by atoms with Gasteiger partial charge in [0.2, 0.25) is 5.95 Å². The lowest BCUT2D eigenvalue weighted by atomic mass is 9.94. The van der Waals surface area contributed by atoms with Crippen LogP contribution in [-0.4, -0.2) is 27.8 Å². The first-order chi connectivity index (χ1) is 17.5. The van der Waals surface area contributed by atoms with Crippen molar-refractivity contribution < 1.29 is 18.7 Å². The Morgan fingerprint density at radius 2 is 1.78 bits per heavy atom. The number of anilines is 2. The highest BCUT2D eigenvalue weighted by molar-refractivity contribution is 6.06. The molecule has 0 radical (unpaired) electrons. The number of carbonyl (C=O) groups excluding carboxylic acids is 1. The van der Waals surface area contributed by atoms with E-state index in [0.29, 0.717) is 34.4 Å². The zero-order valence-electron chi connectivity index (χ0n) is 19.7. The van der Waals surface area contributed by atoms with Crippen LogP contribution in [0.3, 0.4) is 0 Å².